The van der Waals surface area contributed by atoms with Crippen molar-refractivity contribution in [1.29, 1.82) is 0 Å². The van der Waals surface area contributed by atoms with Crippen LogP contribution in [0.5, 0.6) is 0 Å². The zero-order valence-corrected chi connectivity index (χ0v) is 9.13. The molecule has 0 aromatic rings. The Morgan fingerprint density at radius 3 is 2.53 bits per heavy atom. The van der Waals surface area contributed by atoms with Gasteiger partial charge >= 0.3 is 29.6 Å². The van der Waals surface area contributed by atoms with Gasteiger partial charge in [0.2, 0.25) is 5.91 Å². The van der Waals surface area contributed by atoms with Crippen molar-refractivity contribution in [3.63, 3.8) is 0 Å². The molecule has 0 rings (SSSR count). The van der Waals surface area contributed by atoms with Crippen molar-refractivity contribution in [2.75, 3.05) is 6.61 Å². The monoisotopic (exact) mass is 245 g/mol. The van der Waals surface area contributed by atoms with Gasteiger partial charge in [-0.15, -0.1) is 0 Å². The van der Waals surface area contributed by atoms with E-state index in [0.29, 0.717) is 6.42 Å². The van der Waals surface area contributed by atoms with Gasteiger partial charge in [-0.2, -0.15) is 8.42 Å². The second-order valence-corrected chi connectivity index (χ2v) is 4.60. The minimum absolute atomic E-state index is 0. The summed E-state index contributed by atoms with van der Waals surface area (Å²) in [5.74, 6) is -0.541. The molecule has 0 aromatic carbocycles. The summed E-state index contributed by atoms with van der Waals surface area (Å²) in [6, 6.07) is 0. The van der Waals surface area contributed by atoms with Crippen LogP contribution in [-0.2, 0) is 19.1 Å². The SMILES string of the molecule is C=CC(=O)NC(C)S(=O)(=O)OCCC.[NaH]. The molecule has 7 heteroatoms. The number of amides is 1. The number of rotatable bonds is 6. The van der Waals surface area contributed by atoms with E-state index in [9.17, 15) is 13.2 Å². The molecular weight excluding hydrogens is 229 g/mol. The second-order valence-electron chi connectivity index (χ2n) is 2.67. The third-order valence-electron chi connectivity index (χ3n) is 1.42. The Balaban J connectivity index is 0. The molecule has 0 saturated carbocycles. The van der Waals surface area contributed by atoms with Crippen molar-refractivity contribution < 1.29 is 17.4 Å². The fourth-order valence-electron chi connectivity index (χ4n) is 0.633. The van der Waals surface area contributed by atoms with Crippen LogP contribution in [0.15, 0.2) is 12.7 Å². The van der Waals surface area contributed by atoms with E-state index < -0.39 is 21.4 Å². The third-order valence-corrected chi connectivity index (χ3v) is 2.89. The van der Waals surface area contributed by atoms with Gasteiger partial charge in [-0.05, 0) is 19.4 Å². The predicted octanol–water partition coefficient (Wildman–Crippen LogP) is -0.258. The second kappa shape index (κ2) is 8.29. The molecule has 1 unspecified atom stereocenters. The molecule has 0 bridgehead atoms. The average Bonchev–Trinajstić information content (AvgIpc) is 2.14. The van der Waals surface area contributed by atoms with Crippen LogP contribution in [0.25, 0.3) is 0 Å². The molecule has 0 radical (unpaired) electrons. The summed E-state index contributed by atoms with van der Waals surface area (Å²) in [6.07, 6.45) is 1.60. The molecule has 0 aliphatic heterocycles. The molecule has 0 aromatic heterocycles. The van der Waals surface area contributed by atoms with Gasteiger partial charge in [0.05, 0.1) is 6.61 Å². The maximum atomic E-state index is 11.3. The van der Waals surface area contributed by atoms with E-state index in [1.54, 1.807) is 6.92 Å². The molecule has 1 N–H and O–H groups in total. The fraction of sp³-hybridized carbons (Fsp3) is 0.625. The van der Waals surface area contributed by atoms with E-state index in [0.717, 1.165) is 6.08 Å². The van der Waals surface area contributed by atoms with E-state index in [1.807, 2.05) is 0 Å². The van der Waals surface area contributed by atoms with Crippen LogP contribution in [0.4, 0.5) is 0 Å². The molecule has 0 heterocycles. The zero-order valence-electron chi connectivity index (χ0n) is 8.32. The van der Waals surface area contributed by atoms with Crippen LogP contribution in [0, 0.1) is 0 Å². The number of carbonyl (C=O) groups excluding carboxylic acids is 1. The fourth-order valence-corrected chi connectivity index (χ4v) is 1.50. The standard InChI is InChI=1S/C8H15NO4S.Na.H/c1-4-6-13-14(11,12)7(3)9-8(10)5-2;;/h5,7H,2,4,6H2,1,3H3,(H,9,10);;. The molecule has 0 saturated heterocycles. The Hall–Kier alpha value is 0.120. The maximum absolute atomic E-state index is 11.3. The summed E-state index contributed by atoms with van der Waals surface area (Å²) in [5, 5.41) is 1.15. The normalized spacial score (nSPS) is 12.4. The number of hydrogen-bond donors (Lipinski definition) is 1. The van der Waals surface area contributed by atoms with Crippen molar-refractivity contribution in [2.24, 2.45) is 0 Å². The summed E-state index contributed by atoms with van der Waals surface area (Å²) >= 11 is 0. The Kier molecular flexibility index (Phi) is 9.68. The molecule has 1 atom stereocenters. The minimum atomic E-state index is -3.71. The zero-order chi connectivity index (χ0) is 11.2. The van der Waals surface area contributed by atoms with Gasteiger partial charge in [0.1, 0.15) is 0 Å². The molecule has 5 nitrogen and oxygen atoms in total. The van der Waals surface area contributed by atoms with Crippen LogP contribution in [0.3, 0.4) is 0 Å². The molecule has 15 heavy (non-hydrogen) atoms. The van der Waals surface area contributed by atoms with Gasteiger partial charge in [0.25, 0.3) is 10.1 Å². The van der Waals surface area contributed by atoms with Crippen LogP contribution < -0.4 is 5.32 Å². The molecular formula is C8H16NNaO4S. The van der Waals surface area contributed by atoms with Crippen molar-refractivity contribution in [3.8, 4) is 0 Å². The van der Waals surface area contributed by atoms with Crippen LogP contribution >= 0.6 is 0 Å². The van der Waals surface area contributed by atoms with Gasteiger partial charge < -0.3 is 5.32 Å². The quantitative estimate of drug-likeness (QED) is 0.397. The van der Waals surface area contributed by atoms with Crippen molar-refractivity contribution >= 4 is 45.6 Å². The Morgan fingerprint density at radius 1 is 1.60 bits per heavy atom. The summed E-state index contributed by atoms with van der Waals surface area (Å²) in [4.78, 5) is 10.8. The Bertz CT molecular complexity index is 302. The molecule has 0 fully saturated rings. The van der Waals surface area contributed by atoms with Gasteiger partial charge in [-0.1, -0.05) is 13.5 Å². The van der Waals surface area contributed by atoms with E-state index in [2.05, 4.69) is 16.1 Å². The van der Waals surface area contributed by atoms with E-state index >= 15 is 0 Å². The van der Waals surface area contributed by atoms with E-state index in [1.165, 1.54) is 6.92 Å². The van der Waals surface area contributed by atoms with Crippen LogP contribution in [0.1, 0.15) is 20.3 Å². The van der Waals surface area contributed by atoms with Gasteiger partial charge in [-0.25, -0.2) is 0 Å². The first-order chi connectivity index (χ1) is 6.44. The first-order valence-electron chi connectivity index (χ1n) is 4.25. The number of carbonyl (C=O) groups is 1. The predicted molar refractivity (Wildman–Crippen MR) is 60.1 cm³/mol. The van der Waals surface area contributed by atoms with Crippen molar-refractivity contribution in [2.45, 2.75) is 25.6 Å². The summed E-state index contributed by atoms with van der Waals surface area (Å²) in [7, 11) is -3.71. The first kappa shape index (κ1) is 17.5. The molecule has 84 valence electrons. The third kappa shape index (κ3) is 7.08. The van der Waals surface area contributed by atoms with Crippen molar-refractivity contribution in [1.82, 2.24) is 5.32 Å². The van der Waals surface area contributed by atoms with E-state index in [4.69, 9.17) is 0 Å². The van der Waals surface area contributed by atoms with Crippen LogP contribution in [0.2, 0.25) is 0 Å². The van der Waals surface area contributed by atoms with E-state index in [-0.39, 0.29) is 36.2 Å². The Morgan fingerprint density at radius 2 is 2.13 bits per heavy atom. The summed E-state index contributed by atoms with van der Waals surface area (Å²) in [6.45, 7) is 6.47. The summed E-state index contributed by atoms with van der Waals surface area (Å²) < 4.78 is 27.1. The van der Waals surface area contributed by atoms with Crippen LogP contribution in [-0.4, -0.2) is 55.9 Å². The van der Waals surface area contributed by atoms with Crippen molar-refractivity contribution in [3.05, 3.63) is 12.7 Å². The van der Waals surface area contributed by atoms with Gasteiger partial charge in [-0.3, -0.25) is 8.98 Å². The Labute approximate surface area is 113 Å². The molecule has 0 spiro atoms. The number of nitrogens with one attached hydrogen (secondary N) is 1. The van der Waals surface area contributed by atoms with Gasteiger partial charge in [0, 0.05) is 0 Å². The topological polar surface area (TPSA) is 72.5 Å². The first-order valence-corrected chi connectivity index (χ1v) is 5.72. The molecule has 0 aliphatic rings. The average molecular weight is 245 g/mol. The van der Waals surface area contributed by atoms with Gasteiger partial charge in [0.15, 0.2) is 5.37 Å². The summed E-state index contributed by atoms with van der Waals surface area (Å²) in [5.41, 5.74) is 0. The molecule has 1 amide bonds. The number of hydrogen-bond acceptors (Lipinski definition) is 4. The molecule has 0 aliphatic carbocycles.